The number of imidazole rings is 1. The van der Waals surface area contributed by atoms with E-state index in [2.05, 4.69) is 25.3 Å². The third-order valence-electron chi connectivity index (χ3n) is 5.64. The van der Waals surface area contributed by atoms with Gasteiger partial charge in [-0.25, -0.2) is 15.0 Å². The van der Waals surface area contributed by atoms with Gasteiger partial charge in [0.2, 0.25) is 0 Å². The van der Waals surface area contributed by atoms with Gasteiger partial charge in [-0.1, -0.05) is 12.1 Å². The summed E-state index contributed by atoms with van der Waals surface area (Å²) < 4.78 is 37.9. The van der Waals surface area contributed by atoms with Crippen LogP contribution in [0.15, 0.2) is 36.7 Å². The van der Waals surface area contributed by atoms with Crippen LogP contribution in [0.4, 0.5) is 19.0 Å². The van der Waals surface area contributed by atoms with E-state index in [4.69, 9.17) is 0 Å². The van der Waals surface area contributed by atoms with Crippen LogP contribution in [0.25, 0.3) is 11.0 Å². The second-order valence-corrected chi connectivity index (χ2v) is 7.38. The van der Waals surface area contributed by atoms with Gasteiger partial charge in [-0.05, 0) is 31.4 Å². The Balaban J connectivity index is 1.33. The second-order valence-electron chi connectivity index (χ2n) is 7.38. The highest BCUT2D eigenvalue weighted by Gasteiger charge is 2.49. The van der Waals surface area contributed by atoms with E-state index >= 15 is 0 Å². The number of anilines is 1. The van der Waals surface area contributed by atoms with Gasteiger partial charge in [-0.3, -0.25) is 4.79 Å². The van der Waals surface area contributed by atoms with Crippen molar-refractivity contribution in [1.29, 1.82) is 0 Å². The zero-order chi connectivity index (χ0) is 20.2. The Hall–Kier alpha value is -3.17. The molecule has 0 aliphatic carbocycles. The first-order valence-electron chi connectivity index (χ1n) is 9.33. The number of aromatic nitrogens is 4. The van der Waals surface area contributed by atoms with Crippen molar-refractivity contribution in [2.45, 2.75) is 43.6 Å². The van der Waals surface area contributed by atoms with E-state index in [0.29, 0.717) is 18.4 Å². The maximum atomic E-state index is 13.1. The molecule has 3 aromatic rings. The van der Waals surface area contributed by atoms with Gasteiger partial charge >= 0.3 is 6.18 Å². The lowest BCUT2D eigenvalue weighted by Crippen LogP contribution is -2.40. The van der Waals surface area contributed by atoms with E-state index in [1.165, 1.54) is 0 Å². The van der Waals surface area contributed by atoms with E-state index in [0.717, 1.165) is 30.1 Å². The maximum absolute atomic E-state index is 13.1. The zero-order valence-electron chi connectivity index (χ0n) is 15.1. The molecule has 10 heteroatoms. The van der Waals surface area contributed by atoms with Crippen LogP contribution in [0.5, 0.6) is 0 Å². The Morgan fingerprint density at radius 1 is 1.17 bits per heavy atom. The SMILES string of the molecule is O=C(c1nc2ccccc2[nH]1)N1[C@@H]2CC[C@H]1[C@H](Nc1cnc(C(F)(F)F)cn1)C2. The summed E-state index contributed by atoms with van der Waals surface area (Å²) in [5, 5.41) is 3.15. The lowest BCUT2D eigenvalue weighted by atomic mass is 9.95. The first-order chi connectivity index (χ1) is 13.9. The highest BCUT2D eigenvalue weighted by Crippen LogP contribution is 2.40. The van der Waals surface area contributed by atoms with E-state index in [1.807, 2.05) is 29.2 Å². The minimum atomic E-state index is -4.52. The number of fused-ring (bicyclic) bond motifs is 3. The molecular formula is C19H17F3N6O. The zero-order valence-corrected chi connectivity index (χ0v) is 15.1. The molecule has 2 aliphatic heterocycles. The molecule has 1 aromatic carbocycles. The number of carbonyl (C=O) groups is 1. The van der Waals surface area contributed by atoms with Crippen LogP contribution in [0.2, 0.25) is 0 Å². The minimum Gasteiger partial charge on any atom is -0.364 e. The number of nitrogens with zero attached hydrogens (tertiary/aromatic N) is 4. The van der Waals surface area contributed by atoms with Crippen LogP contribution in [0.3, 0.4) is 0 Å². The molecule has 2 N–H and O–H groups in total. The summed E-state index contributed by atoms with van der Waals surface area (Å²) in [5.74, 6) is 0.418. The number of alkyl halides is 3. The fraction of sp³-hybridized carbons (Fsp3) is 0.368. The molecule has 4 heterocycles. The van der Waals surface area contributed by atoms with Crippen molar-refractivity contribution >= 4 is 22.8 Å². The Kier molecular flexibility index (Phi) is 3.97. The molecule has 7 nitrogen and oxygen atoms in total. The van der Waals surface area contributed by atoms with E-state index in [9.17, 15) is 18.0 Å². The van der Waals surface area contributed by atoms with Crippen LogP contribution in [-0.2, 0) is 6.18 Å². The predicted molar refractivity (Wildman–Crippen MR) is 98.1 cm³/mol. The largest absolute Gasteiger partial charge is 0.434 e. The smallest absolute Gasteiger partial charge is 0.364 e. The third-order valence-corrected chi connectivity index (χ3v) is 5.64. The molecule has 3 atom stereocenters. The monoisotopic (exact) mass is 402 g/mol. The van der Waals surface area contributed by atoms with Crippen molar-refractivity contribution in [3.63, 3.8) is 0 Å². The van der Waals surface area contributed by atoms with Crippen LogP contribution >= 0.6 is 0 Å². The third kappa shape index (κ3) is 3.08. The van der Waals surface area contributed by atoms with Gasteiger partial charge < -0.3 is 15.2 Å². The van der Waals surface area contributed by atoms with E-state index in [-0.39, 0.29) is 29.9 Å². The molecular weight excluding hydrogens is 385 g/mol. The normalized spacial score (nSPS) is 23.7. The molecule has 2 saturated heterocycles. The number of hydrogen-bond acceptors (Lipinski definition) is 5. The Labute approximate surface area is 163 Å². The summed E-state index contributed by atoms with van der Waals surface area (Å²) in [6, 6.07) is 7.36. The molecule has 1 amide bonds. The number of H-pyrrole nitrogens is 1. The van der Waals surface area contributed by atoms with Gasteiger partial charge in [0, 0.05) is 6.04 Å². The lowest BCUT2D eigenvalue weighted by Gasteiger charge is -2.24. The van der Waals surface area contributed by atoms with Gasteiger partial charge in [0.1, 0.15) is 5.82 Å². The molecule has 0 unspecified atom stereocenters. The van der Waals surface area contributed by atoms with E-state index < -0.39 is 11.9 Å². The van der Waals surface area contributed by atoms with Crippen LogP contribution < -0.4 is 5.32 Å². The summed E-state index contributed by atoms with van der Waals surface area (Å²) in [6.07, 6.45) is -0.296. The number of amides is 1. The number of benzene rings is 1. The first-order valence-corrected chi connectivity index (χ1v) is 9.33. The van der Waals surface area contributed by atoms with Gasteiger partial charge in [-0.15, -0.1) is 0 Å². The molecule has 0 spiro atoms. The molecule has 5 rings (SSSR count). The molecule has 0 saturated carbocycles. The highest BCUT2D eigenvalue weighted by atomic mass is 19.4. The summed E-state index contributed by atoms with van der Waals surface area (Å²) in [6.45, 7) is 0. The molecule has 0 radical (unpaired) electrons. The van der Waals surface area contributed by atoms with Crippen molar-refractivity contribution in [2.24, 2.45) is 0 Å². The summed E-state index contributed by atoms with van der Waals surface area (Å²) in [4.78, 5) is 29.7. The summed E-state index contributed by atoms with van der Waals surface area (Å²) >= 11 is 0. The number of carbonyl (C=O) groups excluding carboxylic acids is 1. The average molecular weight is 402 g/mol. The van der Waals surface area contributed by atoms with Crippen molar-refractivity contribution in [1.82, 2.24) is 24.8 Å². The number of nitrogens with one attached hydrogen (secondary N) is 2. The molecule has 2 aromatic heterocycles. The second kappa shape index (κ2) is 6.43. The highest BCUT2D eigenvalue weighted by molar-refractivity contribution is 5.95. The first kappa shape index (κ1) is 17.9. The fourth-order valence-electron chi connectivity index (χ4n) is 4.38. The molecule has 2 bridgehead atoms. The number of para-hydroxylation sites is 2. The van der Waals surface area contributed by atoms with Crippen LogP contribution in [0.1, 0.15) is 35.6 Å². The number of hydrogen-bond donors (Lipinski definition) is 2. The van der Waals surface area contributed by atoms with Gasteiger partial charge in [0.15, 0.2) is 11.5 Å². The Bertz CT molecular complexity index is 1030. The number of rotatable bonds is 3. The van der Waals surface area contributed by atoms with Crippen LogP contribution in [0, 0.1) is 0 Å². The van der Waals surface area contributed by atoms with Crippen molar-refractivity contribution < 1.29 is 18.0 Å². The number of halogens is 3. The Morgan fingerprint density at radius 2 is 2.00 bits per heavy atom. The van der Waals surface area contributed by atoms with Crippen LogP contribution in [-0.4, -0.2) is 48.9 Å². The van der Waals surface area contributed by atoms with E-state index in [1.54, 1.807) is 0 Å². The fourth-order valence-corrected chi connectivity index (χ4v) is 4.38. The molecule has 2 aliphatic rings. The van der Waals surface area contributed by atoms with Gasteiger partial charge in [0.25, 0.3) is 5.91 Å². The van der Waals surface area contributed by atoms with Gasteiger partial charge in [-0.2, -0.15) is 13.2 Å². The topological polar surface area (TPSA) is 86.8 Å². The average Bonchev–Trinajstić information content (AvgIpc) is 3.39. The van der Waals surface area contributed by atoms with Gasteiger partial charge in [0.05, 0.1) is 35.5 Å². The number of aromatic amines is 1. The maximum Gasteiger partial charge on any atom is 0.434 e. The standard InChI is InChI=1S/C19H17F3N6O/c20-19(21,22)15-8-24-16(9-23-15)25-13-7-10-5-6-14(13)28(10)18(29)17-26-11-3-1-2-4-12(11)27-17/h1-4,8-10,13-14H,5-7H2,(H,24,25)(H,26,27)/t10-,13-,14+/m1/s1. The minimum absolute atomic E-state index is 0.0650. The van der Waals surface area contributed by atoms with Crippen molar-refractivity contribution in [3.8, 4) is 0 Å². The summed E-state index contributed by atoms with van der Waals surface area (Å²) in [7, 11) is 0. The molecule has 150 valence electrons. The molecule has 29 heavy (non-hydrogen) atoms. The molecule has 2 fully saturated rings. The van der Waals surface area contributed by atoms with Crippen molar-refractivity contribution in [3.05, 3.63) is 48.2 Å². The Morgan fingerprint density at radius 3 is 2.72 bits per heavy atom. The quantitative estimate of drug-likeness (QED) is 0.703. The lowest BCUT2D eigenvalue weighted by molar-refractivity contribution is -0.141. The predicted octanol–water partition coefficient (Wildman–Crippen LogP) is 3.23. The van der Waals surface area contributed by atoms with Crippen molar-refractivity contribution in [2.75, 3.05) is 5.32 Å². The summed E-state index contributed by atoms with van der Waals surface area (Å²) in [5.41, 5.74) is 0.506.